The standard InChI is InChI=1S/C8H14N6O3S/c1-5(18(2)17)3-10-7-6(14(15)16)4-11-8(12-7)13-9/h4-5H,3,9H2,1-2H3,(H2,10,11,12,13). The Balaban J connectivity index is 2.90. The van der Waals surface area contributed by atoms with Crippen molar-refractivity contribution in [3.8, 4) is 0 Å². The van der Waals surface area contributed by atoms with Crippen molar-refractivity contribution < 1.29 is 9.13 Å². The first-order chi connectivity index (χ1) is 8.45. The number of nitrogens with one attached hydrogen (secondary N) is 2. The van der Waals surface area contributed by atoms with Crippen molar-refractivity contribution in [2.24, 2.45) is 5.84 Å². The molecule has 0 aliphatic heterocycles. The Hall–Kier alpha value is -1.81. The smallest absolute Gasteiger partial charge is 0.329 e. The molecule has 18 heavy (non-hydrogen) atoms. The maximum atomic E-state index is 11.2. The summed E-state index contributed by atoms with van der Waals surface area (Å²) in [5.74, 6) is 5.23. The first-order valence-corrected chi connectivity index (χ1v) is 6.62. The van der Waals surface area contributed by atoms with E-state index in [4.69, 9.17) is 5.84 Å². The number of nitrogen functional groups attached to an aromatic ring is 1. The predicted octanol–water partition coefficient (Wildman–Crippen LogP) is -0.151. The third-order valence-electron chi connectivity index (χ3n) is 2.22. The second kappa shape index (κ2) is 6.21. The van der Waals surface area contributed by atoms with E-state index in [2.05, 4.69) is 20.7 Å². The van der Waals surface area contributed by atoms with E-state index in [0.717, 1.165) is 6.20 Å². The minimum absolute atomic E-state index is 0.0419. The fourth-order valence-electron chi connectivity index (χ4n) is 1.07. The fraction of sp³-hybridized carbons (Fsp3) is 0.500. The highest BCUT2D eigenvalue weighted by Gasteiger charge is 2.18. The molecule has 1 aromatic heterocycles. The number of nitro groups is 1. The lowest BCUT2D eigenvalue weighted by atomic mass is 10.4. The molecule has 4 N–H and O–H groups in total. The molecule has 1 rings (SSSR count). The Morgan fingerprint density at radius 2 is 2.33 bits per heavy atom. The molecule has 2 atom stereocenters. The van der Waals surface area contributed by atoms with Gasteiger partial charge in [0, 0.05) is 28.9 Å². The number of hydrogen-bond acceptors (Lipinski definition) is 8. The normalized spacial score (nSPS) is 13.7. The van der Waals surface area contributed by atoms with Gasteiger partial charge < -0.3 is 5.32 Å². The highest BCUT2D eigenvalue weighted by molar-refractivity contribution is 7.84. The van der Waals surface area contributed by atoms with E-state index in [0.29, 0.717) is 6.54 Å². The molecule has 9 nitrogen and oxygen atoms in total. The van der Waals surface area contributed by atoms with Crippen molar-refractivity contribution >= 4 is 28.3 Å². The second-order valence-corrected chi connectivity index (χ2v) is 5.32. The van der Waals surface area contributed by atoms with Gasteiger partial charge in [0.25, 0.3) is 0 Å². The number of nitrogens with two attached hydrogens (primary N) is 1. The van der Waals surface area contributed by atoms with Gasteiger partial charge in [0.2, 0.25) is 11.8 Å². The van der Waals surface area contributed by atoms with Gasteiger partial charge in [-0.15, -0.1) is 0 Å². The lowest BCUT2D eigenvalue weighted by molar-refractivity contribution is -0.384. The third-order valence-corrected chi connectivity index (χ3v) is 3.52. The summed E-state index contributed by atoms with van der Waals surface area (Å²) < 4.78 is 11.2. The van der Waals surface area contributed by atoms with Gasteiger partial charge in [0.1, 0.15) is 6.20 Å². The average molecular weight is 274 g/mol. The number of hydrazine groups is 1. The molecule has 0 aromatic carbocycles. The number of nitrogens with zero attached hydrogens (tertiary/aromatic N) is 3. The van der Waals surface area contributed by atoms with Crippen LogP contribution in [0.4, 0.5) is 17.5 Å². The monoisotopic (exact) mass is 274 g/mol. The van der Waals surface area contributed by atoms with E-state index in [1.807, 2.05) is 0 Å². The van der Waals surface area contributed by atoms with Crippen molar-refractivity contribution in [1.29, 1.82) is 0 Å². The van der Waals surface area contributed by atoms with Gasteiger partial charge in [-0.05, 0) is 6.92 Å². The van der Waals surface area contributed by atoms with E-state index >= 15 is 0 Å². The summed E-state index contributed by atoms with van der Waals surface area (Å²) in [6, 6.07) is 0. The molecule has 0 radical (unpaired) electrons. The summed E-state index contributed by atoms with van der Waals surface area (Å²) in [6.45, 7) is 2.06. The Kier molecular flexibility index (Phi) is 4.92. The molecule has 0 fully saturated rings. The molecule has 0 bridgehead atoms. The summed E-state index contributed by atoms with van der Waals surface area (Å²) in [4.78, 5) is 17.7. The van der Waals surface area contributed by atoms with Crippen molar-refractivity contribution in [3.63, 3.8) is 0 Å². The lowest BCUT2D eigenvalue weighted by Crippen LogP contribution is -2.22. The van der Waals surface area contributed by atoms with Crippen molar-refractivity contribution in [1.82, 2.24) is 9.97 Å². The van der Waals surface area contributed by atoms with Crippen LogP contribution < -0.4 is 16.6 Å². The van der Waals surface area contributed by atoms with Crippen LogP contribution in [0.15, 0.2) is 6.20 Å². The highest BCUT2D eigenvalue weighted by Crippen LogP contribution is 2.21. The van der Waals surface area contributed by atoms with Gasteiger partial charge in [-0.25, -0.2) is 10.8 Å². The van der Waals surface area contributed by atoms with Crippen LogP contribution in [0.25, 0.3) is 0 Å². The SMILES string of the molecule is CC(CNc1nc(NN)ncc1[N+](=O)[O-])S(C)=O. The van der Waals surface area contributed by atoms with Gasteiger partial charge in [-0.3, -0.25) is 19.7 Å². The molecule has 0 amide bonds. The molecule has 1 heterocycles. The Labute approximate surface area is 106 Å². The lowest BCUT2D eigenvalue weighted by Gasteiger charge is -2.10. The van der Waals surface area contributed by atoms with Gasteiger partial charge in [0.15, 0.2) is 0 Å². The summed E-state index contributed by atoms with van der Waals surface area (Å²) in [6.07, 6.45) is 2.62. The van der Waals surface area contributed by atoms with Crippen LogP contribution in [0, 0.1) is 10.1 Å². The molecule has 0 aliphatic rings. The number of anilines is 2. The minimum atomic E-state index is -1.02. The Bertz CT molecular complexity index is 468. The van der Waals surface area contributed by atoms with Crippen LogP contribution in [0.5, 0.6) is 0 Å². The molecule has 0 saturated heterocycles. The number of rotatable bonds is 6. The quantitative estimate of drug-likeness (QED) is 0.370. The average Bonchev–Trinajstić information content (AvgIpc) is 2.34. The molecular weight excluding hydrogens is 260 g/mol. The van der Waals surface area contributed by atoms with Crippen LogP contribution in [0.3, 0.4) is 0 Å². The van der Waals surface area contributed by atoms with Gasteiger partial charge in [-0.1, -0.05) is 0 Å². The largest absolute Gasteiger partial charge is 0.363 e. The third kappa shape index (κ3) is 3.60. The maximum absolute atomic E-state index is 11.2. The highest BCUT2D eigenvalue weighted by atomic mass is 32.2. The van der Waals surface area contributed by atoms with Crippen LogP contribution >= 0.6 is 0 Å². The van der Waals surface area contributed by atoms with Crippen LogP contribution in [-0.4, -0.2) is 37.2 Å². The van der Waals surface area contributed by atoms with E-state index in [1.165, 1.54) is 0 Å². The van der Waals surface area contributed by atoms with Gasteiger partial charge in [0.05, 0.1) is 4.92 Å². The van der Waals surface area contributed by atoms with E-state index < -0.39 is 15.7 Å². The van der Waals surface area contributed by atoms with E-state index in [1.54, 1.807) is 13.2 Å². The first kappa shape index (κ1) is 14.3. The zero-order valence-corrected chi connectivity index (χ0v) is 10.7. The summed E-state index contributed by atoms with van der Waals surface area (Å²) in [5, 5.41) is 13.4. The predicted molar refractivity (Wildman–Crippen MR) is 68.5 cm³/mol. The van der Waals surface area contributed by atoms with E-state index in [9.17, 15) is 14.3 Å². The molecule has 0 spiro atoms. The topological polar surface area (TPSA) is 136 Å². The van der Waals surface area contributed by atoms with Crippen LogP contribution in [0.1, 0.15) is 6.92 Å². The zero-order valence-electron chi connectivity index (χ0n) is 9.91. The first-order valence-electron chi connectivity index (χ1n) is 4.99. The molecule has 2 unspecified atom stereocenters. The molecule has 0 aliphatic carbocycles. The zero-order chi connectivity index (χ0) is 13.7. The molecule has 1 aromatic rings. The summed E-state index contributed by atoms with van der Waals surface area (Å²) in [7, 11) is -1.02. The second-order valence-electron chi connectivity index (χ2n) is 3.52. The minimum Gasteiger partial charge on any atom is -0.363 e. The van der Waals surface area contributed by atoms with Crippen molar-refractivity contribution in [2.75, 3.05) is 23.5 Å². The molecule has 10 heteroatoms. The fourth-order valence-corrected chi connectivity index (χ4v) is 1.38. The Morgan fingerprint density at radius 1 is 1.67 bits per heavy atom. The van der Waals surface area contributed by atoms with Gasteiger partial charge in [-0.2, -0.15) is 4.98 Å². The number of hydrogen-bond donors (Lipinski definition) is 3. The van der Waals surface area contributed by atoms with Gasteiger partial charge >= 0.3 is 5.69 Å². The molecular formula is C8H14N6O3S. The van der Waals surface area contributed by atoms with Crippen molar-refractivity contribution in [3.05, 3.63) is 16.3 Å². The maximum Gasteiger partial charge on any atom is 0.329 e. The van der Waals surface area contributed by atoms with Crippen molar-refractivity contribution in [2.45, 2.75) is 12.2 Å². The van der Waals surface area contributed by atoms with Crippen LogP contribution in [-0.2, 0) is 10.8 Å². The van der Waals surface area contributed by atoms with Crippen LogP contribution in [0.2, 0.25) is 0 Å². The molecule has 0 saturated carbocycles. The summed E-state index contributed by atoms with van der Waals surface area (Å²) >= 11 is 0. The molecule has 100 valence electrons. The number of aromatic nitrogens is 2. The summed E-state index contributed by atoms with van der Waals surface area (Å²) in [5.41, 5.74) is 1.94. The Morgan fingerprint density at radius 3 is 2.83 bits per heavy atom. The van der Waals surface area contributed by atoms with E-state index in [-0.39, 0.29) is 22.7 Å².